The maximum Gasteiger partial charge on any atom is 0.270 e. The molecule has 6 nitrogen and oxygen atoms in total. The van der Waals surface area contributed by atoms with Crippen LogP contribution in [0.5, 0.6) is 0 Å². The smallest absolute Gasteiger partial charge is 0.270 e. The van der Waals surface area contributed by atoms with Crippen LogP contribution in [0.15, 0.2) is 24.3 Å². The van der Waals surface area contributed by atoms with Gasteiger partial charge in [0.15, 0.2) is 0 Å². The average molecular weight is 281 g/mol. The number of benzene rings is 1. The van der Waals surface area contributed by atoms with E-state index in [1.54, 1.807) is 18.2 Å². The zero-order valence-corrected chi connectivity index (χ0v) is 11.5. The Labute approximate surface area is 122 Å². The number of nitrogens with zero attached hydrogens (tertiary/aromatic N) is 3. The summed E-state index contributed by atoms with van der Waals surface area (Å²) in [6, 6.07) is 11.1. The van der Waals surface area contributed by atoms with Gasteiger partial charge in [-0.1, -0.05) is 0 Å². The Balaban J connectivity index is 2.25. The van der Waals surface area contributed by atoms with Gasteiger partial charge in [0.05, 0.1) is 25.0 Å². The van der Waals surface area contributed by atoms with Crippen molar-refractivity contribution in [2.24, 2.45) is 0 Å². The fourth-order valence-corrected chi connectivity index (χ4v) is 2.12. The largest absolute Gasteiger partial charge is 0.399 e. The van der Waals surface area contributed by atoms with Gasteiger partial charge in [-0.15, -0.1) is 0 Å². The first-order chi connectivity index (χ1) is 10.2. The van der Waals surface area contributed by atoms with Gasteiger partial charge in [0.2, 0.25) is 0 Å². The van der Waals surface area contributed by atoms with Crippen molar-refractivity contribution in [2.45, 2.75) is 12.8 Å². The second-order valence-electron chi connectivity index (χ2n) is 4.64. The van der Waals surface area contributed by atoms with Gasteiger partial charge in [-0.2, -0.15) is 10.5 Å². The maximum atomic E-state index is 12.5. The number of nitrogens with two attached hydrogens (primary N) is 1. The van der Waals surface area contributed by atoms with E-state index >= 15 is 0 Å². The third-order valence-corrected chi connectivity index (χ3v) is 3.15. The molecule has 1 aromatic carbocycles. The zero-order chi connectivity index (χ0) is 15.2. The van der Waals surface area contributed by atoms with E-state index in [1.807, 2.05) is 18.2 Å². The molecule has 2 aromatic rings. The number of fused-ring (bicyclic) bond motifs is 1. The van der Waals surface area contributed by atoms with Crippen molar-refractivity contribution in [3.63, 3.8) is 0 Å². The average Bonchev–Trinajstić information content (AvgIpc) is 2.89. The molecule has 0 atom stereocenters. The van der Waals surface area contributed by atoms with Crippen LogP contribution in [-0.4, -0.2) is 28.9 Å². The summed E-state index contributed by atoms with van der Waals surface area (Å²) in [6.07, 6.45) is 0.481. The molecular formula is C15H15N5O. The van der Waals surface area contributed by atoms with Crippen LogP contribution < -0.4 is 5.73 Å². The number of hydrogen-bond acceptors (Lipinski definition) is 4. The number of H-pyrrole nitrogens is 1. The topological polar surface area (TPSA) is 110 Å². The lowest BCUT2D eigenvalue weighted by Gasteiger charge is -2.19. The summed E-state index contributed by atoms with van der Waals surface area (Å²) in [6.45, 7) is 0.628. The lowest BCUT2D eigenvalue weighted by Crippen LogP contribution is -2.33. The summed E-state index contributed by atoms with van der Waals surface area (Å²) in [5.74, 6) is -0.213. The van der Waals surface area contributed by atoms with Crippen molar-refractivity contribution in [1.82, 2.24) is 9.88 Å². The van der Waals surface area contributed by atoms with Crippen molar-refractivity contribution >= 4 is 22.5 Å². The Morgan fingerprint density at radius 2 is 1.86 bits per heavy atom. The molecule has 3 N–H and O–H groups in total. The second-order valence-corrected chi connectivity index (χ2v) is 4.64. The Morgan fingerprint density at radius 1 is 1.19 bits per heavy atom. The summed E-state index contributed by atoms with van der Waals surface area (Å²) >= 11 is 0. The predicted molar refractivity (Wildman–Crippen MR) is 79.1 cm³/mol. The minimum Gasteiger partial charge on any atom is -0.399 e. The Hall–Kier alpha value is -2.99. The lowest BCUT2D eigenvalue weighted by molar-refractivity contribution is 0.0757. The highest BCUT2D eigenvalue weighted by atomic mass is 16.2. The molecule has 6 heteroatoms. The monoisotopic (exact) mass is 281 g/mol. The van der Waals surface area contributed by atoms with Crippen molar-refractivity contribution < 1.29 is 4.79 Å². The number of nitrogen functional groups attached to an aromatic ring is 1. The standard InChI is InChI=1S/C15H15N5O/c16-5-1-7-20(8-2-6-17)15(21)14-10-11-9-12(18)3-4-13(11)19-14/h3-4,9-10,19H,1-2,7-8,18H2. The first kappa shape index (κ1) is 14.4. The van der Waals surface area contributed by atoms with E-state index in [4.69, 9.17) is 16.3 Å². The van der Waals surface area contributed by atoms with Crippen molar-refractivity contribution in [3.8, 4) is 12.1 Å². The molecule has 0 saturated carbocycles. The van der Waals surface area contributed by atoms with E-state index in [0.717, 1.165) is 10.9 Å². The number of carbonyl (C=O) groups is 1. The number of amides is 1. The molecular weight excluding hydrogens is 266 g/mol. The third kappa shape index (κ3) is 3.31. The van der Waals surface area contributed by atoms with Gasteiger partial charge in [0.1, 0.15) is 5.69 Å². The Kier molecular flexibility index (Phi) is 4.43. The van der Waals surface area contributed by atoms with E-state index in [2.05, 4.69) is 4.98 Å². The van der Waals surface area contributed by atoms with E-state index in [-0.39, 0.29) is 18.7 Å². The third-order valence-electron chi connectivity index (χ3n) is 3.15. The van der Waals surface area contributed by atoms with E-state index in [9.17, 15) is 4.79 Å². The lowest BCUT2D eigenvalue weighted by atomic mass is 10.2. The van der Waals surface area contributed by atoms with Crippen molar-refractivity contribution in [2.75, 3.05) is 18.8 Å². The molecule has 0 spiro atoms. The molecule has 0 aliphatic heterocycles. The normalized spacial score (nSPS) is 10.0. The maximum absolute atomic E-state index is 12.5. The number of nitrogens with one attached hydrogen (secondary N) is 1. The molecule has 0 saturated heterocycles. The summed E-state index contributed by atoms with van der Waals surface area (Å²) < 4.78 is 0. The molecule has 0 aliphatic rings. The van der Waals surface area contributed by atoms with E-state index in [0.29, 0.717) is 24.5 Å². The highest BCUT2D eigenvalue weighted by Crippen LogP contribution is 2.19. The predicted octanol–water partition coefficient (Wildman–Crippen LogP) is 2.02. The van der Waals surface area contributed by atoms with Crippen LogP contribution in [0.3, 0.4) is 0 Å². The van der Waals surface area contributed by atoms with Crippen LogP contribution in [-0.2, 0) is 0 Å². The first-order valence-electron chi connectivity index (χ1n) is 6.57. The van der Waals surface area contributed by atoms with Gasteiger partial charge in [0, 0.05) is 29.7 Å². The van der Waals surface area contributed by atoms with Gasteiger partial charge in [-0.05, 0) is 24.3 Å². The second kappa shape index (κ2) is 6.44. The van der Waals surface area contributed by atoms with Gasteiger partial charge < -0.3 is 15.6 Å². The van der Waals surface area contributed by atoms with Crippen LogP contribution in [0.25, 0.3) is 10.9 Å². The molecule has 0 radical (unpaired) electrons. The molecule has 1 aromatic heterocycles. The van der Waals surface area contributed by atoms with E-state index in [1.165, 1.54) is 4.90 Å². The van der Waals surface area contributed by atoms with Crippen molar-refractivity contribution in [1.29, 1.82) is 10.5 Å². The fraction of sp³-hybridized carbons (Fsp3) is 0.267. The quantitative estimate of drug-likeness (QED) is 0.817. The summed E-state index contributed by atoms with van der Waals surface area (Å²) in [4.78, 5) is 17.0. The Bertz CT molecular complexity index is 717. The van der Waals surface area contributed by atoms with Crippen LogP contribution in [0, 0.1) is 22.7 Å². The van der Waals surface area contributed by atoms with Crippen LogP contribution in [0.4, 0.5) is 5.69 Å². The fourth-order valence-electron chi connectivity index (χ4n) is 2.12. The molecule has 2 rings (SSSR count). The van der Waals surface area contributed by atoms with Gasteiger partial charge in [0.25, 0.3) is 5.91 Å². The summed E-state index contributed by atoms with van der Waals surface area (Å²) in [5, 5.41) is 18.2. The number of aromatic amines is 1. The highest BCUT2D eigenvalue weighted by molar-refractivity contribution is 5.98. The SMILES string of the molecule is N#CCCN(CCC#N)C(=O)c1cc2cc(N)ccc2[nH]1. The molecule has 106 valence electrons. The zero-order valence-electron chi connectivity index (χ0n) is 11.5. The molecule has 0 aliphatic carbocycles. The van der Waals surface area contributed by atoms with Gasteiger partial charge >= 0.3 is 0 Å². The summed E-state index contributed by atoms with van der Waals surface area (Å²) in [5.41, 5.74) is 7.61. The number of carbonyl (C=O) groups excluding carboxylic acids is 1. The van der Waals surface area contributed by atoms with Crippen molar-refractivity contribution in [3.05, 3.63) is 30.0 Å². The number of aromatic nitrogens is 1. The Morgan fingerprint density at radius 3 is 2.48 bits per heavy atom. The molecule has 1 amide bonds. The van der Waals surface area contributed by atoms with Crippen LogP contribution >= 0.6 is 0 Å². The molecule has 0 fully saturated rings. The molecule has 21 heavy (non-hydrogen) atoms. The number of nitriles is 2. The van der Waals surface area contributed by atoms with Crippen LogP contribution in [0.1, 0.15) is 23.3 Å². The molecule has 1 heterocycles. The summed E-state index contributed by atoms with van der Waals surface area (Å²) in [7, 11) is 0. The number of anilines is 1. The van der Waals surface area contributed by atoms with Gasteiger partial charge in [-0.25, -0.2) is 0 Å². The molecule has 0 unspecified atom stereocenters. The number of rotatable bonds is 5. The van der Waals surface area contributed by atoms with Gasteiger partial charge in [-0.3, -0.25) is 4.79 Å². The minimum atomic E-state index is -0.213. The van der Waals surface area contributed by atoms with Crippen LogP contribution in [0.2, 0.25) is 0 Å². The highest BCUT2D eigenvalue weighted by Gasteiger charge is 2.17. The van der Waals surface area contributed by atoms with E-state index < -0.39 is 0 Å². The number of hydrogen-bond donors (Lipinski definition) is 2. The molecule has 0 bridgehead atoms. The minimum absolute atomic E-state index is 0.213. The first-order valence-corrected chi connectivity index (χ1v) is 6.57.